The second-order valence-corrected chi connectivity index (χ2v) is 9.74. The predicted octanol–water partition coefficient (Wildman–Crippen LogP) is 7.53. The highest BCUT2D eigenvalue weighted by atomic mass is 16.5. The van der Waals surface area contributed by atoms with E-state index in [1.54, 1.807) is 0 Å². The lowest BCUT2D eigenvalue weighted by molar-refractivity contribution is 0.118. The predicted molar refractivity (Wildman–Crippen MR) is 126 cm³/mol. The van der Waals surface area contributed by atoms with Crippen LogP contribution in [-0.2, 0) is 12.0 Å². The van der Waals surface area contributed by atoms with Crippen molar-refractivity contribution in [2.24, 2.45) is 0 Å². The first-order valence-electron chi connectivity index (χ1n) is 12.0. The van der Waals surface area contributed by atoms with Crippen LogP contribution < -0.4 is 4.74 Å². The fraction of sp³-hybridized carbons (Fsp3) is 0.571. The monoisotopic (exact) mass is 408 g/mol. The zero-order chi connectivity index (χ0) is 21.4. The molecule has 0 amide bonds. The van der Waals surface area contributed by atoms with E-state index in [2.05, 4.69) is 63.2 Å². The highest BCUT2D eigenvalue weighted by Gasteiger charge is 2.27. The zero-order valence-corrected chi connectivity index (χ0v) is 19.2. The van der Waals surface area contributed by atoms with E-state index in [4.69, 9.17) is 4.74 Å². The molecule has 0 aromatic heterocycles. The van der Waals surface area contributed by atoms with Gasteiger partial charge in [0.25, 0.3) is 0 Å². The molecule has 30 heavy (non-hydrogen) atoms. The minimum atomic E-state index is -0.180. The summed E-state index contributed by atoms with van der Waals surface area (Å²) < 4.78 is 6.41. The van der Waals surface area contributed by atoms with Crippen molar-refractivity contribution in [3.8, 4) is 5.75 Å². The summed E-state index contributed by atoms with van der Waals surface area (Å²) in [5.41, 5.74) is 3.97. The third-order valence-corrected chi connectivity index (χ3v) is 6.77. The quantitative estimate of drug-likeness (QED) is 0.412. The molecule has 1 saturated carbocycles. The van der Waals surface area contributed by atoms with Crippen LogP contribution in [0.1, 0.15) is 101 Å². The lowest BCUT2D eigenvalue weighted by Gasteiger charge is -2.30. The van der Waals surface area contributed by atoms with Crippen molar-refractivity contribution >= 4 is 0 Å². The molecule has 0 heterocycles. The molecule has 164 valence electrons. The lowest BCUT2D eigenvalue weighted by Crippen LogP contribution is -2.20. The van der Waals surface area contributed by atoms with Crippen LogP contribution in [0, 0.1) is 0 Å². The number of benzene rings is 2. The molecule has 0 radical (unpaired) electrons. The molecular formula is C28H40O2. The molecule has 1 aliphatic rings. The first-order chi connectivity index (χ1) is 14.5. The molecule has 2 aromatic rings. The molecule has 3 rings (SSSR count). The minimum absolute atomic E-state index is 0.142. The third kappa shape index (κ3) is 6.35. The molecule has 1 aliphatic carbocycles. The average molecular weight is 409 g/mol. The molecule has 1 fully saturated rings. The second kappa shape index (κ2) is 11.0. The van der Waals surface area contributed by atoms with Crippen molar-refractivity contribution < 1.29 is 9.84 Å². The Labute approximate surface area is 183 Å². The van der Waals surface area contributed by atoms with Gasteiger partial charge in [-0.25, -0.2) is 0 Å². The summed E-state index contributed by atoms with van der Waals surface area (Å²) >= 11 is 0. The van der Waals surface area contributed by atoms with Crippen molar-refractivity contribution in [1.29, 1.82) is 0 Å². The molecule has 0 bridgehead atoms. The summed E-state index contributed by atoms with van der Waals surface area (Å²) in [6.07, 6.45) is 10.2. The Morgan fingerprint density at radius 1 is 1.00 bits per heavy atom. The molecule has 1 N–H and O–H groups in total. The Kier molecular flexibility index (Phi) is 8.39. The fourth-order valence-electron chi connectivity index (χ4n) is 4.74. The van der Waals surface area contributed by atoms with Gasteiger partial charge in [0.2, 0.25) is 0 Å². The van der Waals surface area contributed by atoms with Crippen molar-refractivity contribution in [3.63, 3.8) is 0 Å². The van der Waals surface area contributed by atoms with E-state index in [9.17, 15) is 5.11 Å². The van der Waals surface area contributed by atoms with Crippen molar-refractivity contribution in [3.05, 3.63) is 65.2 Å². The highest BCUT2D eigenvalue weighted by Crippen LogP contribution is 2.41. The van der Waals surface area contributed by atoms with E-state index < -0.39 is 0 Å². The third-order valence-electron chi connectivity index (χ3n) is 6.77. The molecule has 0 spiro atoms. The van der Waals surface area contributed by atoms with Gasteiger partial charge in [-0.3, -0.25) is 0 Å². The van der Waals surface area contributed by atoms with Crippen LogP contribution >= 0.6 is 0 Å². The summed E-state index contributed by atoms with van der Waals surface area (Å²) in [7, 11) is 0. The van der Waals surface area contributed by atoms with Crippen molar-refractivity contribution in [1.82, 2.24) is 0 Å². The maximum Gasteiger partial charge on any atom is 0.123 e. The van der Waals surface area contributed by atoms with Crippen LogP contribution in [-0.4, -0.2) is 11.2 Å². The summed E-state index contributed by atoms with van der Waals surface area (Å²) in [6.45, 7) is 7.57. The molecule has 0 saturated heterocycles. The minimum Gasteiger partial charge on any atom is -0.489 e. The number of aliphatic hydroxyl groups is 1. The van der Waals surface area contributed by atoms with E-state index in [0.717, 1.165) is 31.4 Å². The van der Waals surface area contributed by atoms with E-state index in [1.165, 1.54) is 48.8 Å². The zero-order valence-electron chi connectivity index (χ0n) is 19.2. The van der Waals surface area contributed by atoms with Gasteiger partial charge >= 0.3 is 0 Å². The van der Waals surface area contributed by atoms with Crippen LogP contribution in [0.5, 0.6) is 5.75 Å². The fourth-order valence-corrected chi connectivity index (χ4v) is 4.74. The molecule has 2 nitrogen and oxygen atoms in total. The van der Waals surface area contributed by atoms with Crippen LogP contribution in [0.25, 0.3) is 0 Å². The summed E-state index contributed by atoms with van der Waals surface area (Å²) in [6, 6.07) is 17.3. The number of unbranched alkanes of at least 4 members (excludes halogenated alkanes) is 3. The van der Waals surface area contributed by atoms with Crippen LogP contribution in [0.15, 0.2) is 48.5 Å². The number of hydrogen-bond donors (Lipinski definition) is 1. The molecule has 2 unspecified atom stereocenters. The standard InChI is InChI=1S/C28H40O2/c1-4-5-6-10-18-28(2,3)24-16-17-26(23-14-11-15-25(29)19-23)27(20-24)30-21-22-12-8-7-9-13-22/h7-9,12-13,16-17,20,23,25,29H,4-6,10-11,14-15,18-19,21H2,1-3H3. The molecule has 0 aliphatic heterocycles. The van der Waals surface area contributed by atoms with E-state index in [0.29, 0.717) is 12.5 Å². The first-order valence-corrected chi connectivity index (χ1v) is 12.0. The Hall–Kier alpha value is -1.80. The molecule has 2 heteroatoms. The Bertz CT molecular complexity index is 765. The van der Waals surface area contributed by atoms with Crippen LogP contribution in [0.4, 0.5) is 0 Å². The molecular weight excluding hydrogens is 368 g/mol. The first kappa shape index (κ1) is 22.9. The van der Waals surface area contributed by atoms with Crippen molar-refractivity contribution in [2.75, 3.05) is 0 Å². The smallest absolute Gasteiger partial charge is 0.123 e. The summed E-state index contributed by atoms with van der Waals surface area (Å²) in [5, 5.41) is 10.2. The second-order valence-electron chi connectivity index (χ2n) is 9.74. The lowest BCUT2D eigenvalue weighted by atomic mass is 9.77. The largest absolute Gasteiger partial charge is 0.489 e. The van der Waals surface area contributed by atoms with Crippen molar-refractivity contribution in [2.45, 2.75) is 103 Å². The maximum atomic E-state index is 10.2. The van der Waals surface area contributed by atoms with Gasteiger partial charge in [-0.1, -0.05) is 95.3 Å². The Morgan fingerprint density at radius 2 is 1.80 bits per heavy atom. The molecule has 2 atom stereocenters. The number of ether oxygens (including phenoxy) is 1. The SMILES string of the molecule is CCCCCCC(C)(C)c1ccc(C2CCCC(O)C2)c(OCc2ccccc2)c1. The van der Waals surface area contributed by atoms with E-state index in [-0.39, 0.29) is 11.5 Å². The number of aliphatic hydroxyl groups excluding tert-OH is 1. The highest BCUT2D eigenvalue weighted by molar-refractivity contribution is 5.43. The normalized spacial score (nSPS) is 19.6. The van der Waals surface area contributed by atoms with Gasteiger partial charge in [-0.2, -0.15) is 0 Å². The van der Waals surface area contributed by atoms with E-state index in [1.807, 2.05) is 6.07 Å². The van der Waals surface area contributed by atoms with E-state index >= 15 is 0 Å². The number of hydrogen-bond acceptors (Lipinski definition) is 2. The topological polar surface area (TPSA) is 29.5 Å². The van der Waals surface area contributed by atoms with Gasteiger partial charge in [0.1, 0.15) is 12.4 Å². The van der Waals surface area contributed by atoms with Gasteiger partial charge < -0.3 is 9.84 Å². The van der Waals surface area contributed by atoms with Gasteiger partial charge in [-0.15, -0.1) is 0 Å². The Morgan fingerprint density at radius 3 is 2.53 bits per heavy atom. The summed E-state index contributed by atoms with van der Waals surface area (Å²) in [5.74, 6) is 1.40. The molecule has 2 aromatic carbocycles. The summed E-state index contributed by atoms with van der Waals surface area (Å²) in [4.78, 5) is 0. The van der Waals surface area contributed by atoms with Gasteiger partial charge in [0.15, 0.2) is 0 Å². The number of rotatable bonds is 10. The van der Waals surface area contributed by atoms with Gasteiger partial charge in [-0.05, 0) is 59.8 Å². The van der Waals surface area contributed by atoms with Crippen LogP contribution in [0.3, 0.4) is 0 Å². The Balaban J connectivity index is 1.81. The maximum absolute atomic E-state index is 10.2. The van der Waals surface area contributed by atoms with Gasteiger partial charge in [0, 0.05) is 0 Å². The average Bonchev–Trinajstić information content (AvgIpc) is 2.76. The van der Waals surface area contributed by atoms with Crippen LogP contribution in [0.2, 0.25) is 0 Å². The van der Waals surface area contributed by atoms with Gasteiger partial charge in [0.05, 0.1) is 6.10 Å².